The van der Waals surface area contributed by atoms with Crippen LogP contribution in [0.2, 0.25) is 0 Å². The molecule has 3 aromatic rings. The molecule has 1 N–H and O–H groups in total. The van der Waals surface area contributed by atoms with E-state index in [-0.39, 0.29) is 11.9 Å². The highest BCUT2D eigenvalue weighted by atomic mass is 16.3. The van der Waals surface area contributed by atoms with E-state index in [0.29, 0.717) is 5.76 Å². The summed E-state index contributed by atoms with van der Waals surface area (Å²) in [5, 5.41) is 13.4. The lowest BCUT2D eigenvalue weighted by atomic mass is 9.91. The van der Waals surface area contributed by atoms with Crippen LogP contribution >= 0.6 is 0 Å². The van der Waals surface area contributed by atoms with Crippen molar-refractivity contribution in [1.82, 2.24) is 4.90 Å². The number of benzene rings is 2. The number of aliphatic hydroxyl groups is 1. The Kier molecular flexibility index (Phi) is 3.77. The molecule has 4 rings (SSSR count). The quantitative estimate of drug-likeness (QED) is 0.776. The summed E-state index contributed by atoms with van der Waals surface area (Å²) in [6.45, 7) is 0. The zero-order valence-electron chi connectivity index (χ0n) is 13.7. The summed E-state index contributed by atoms with van der Waals surface area (Å²) in [5.74, 6) is 0.169. The van der Waals surface area contributed by atoms with Gasteiger partial charge in [-0.15, -0.1) is 0 Å². The molecule has 1 fully saturated rings. The summed E-state index contributed by atoms with van der Waals surface area (Å²) >= 11 is 0. The van der Waals surface area contributed by atoms with Gasteiger partial charge in [-0.1, -0.05) is 43.2 Å². The molecular weight excluding hydrogens is 302 g/mol. The predicted octanol–water partition coefficient (Wildman–Crippen LogP) is 3.96. The lowest BCUT2D eigenvalue weighted by Gasteiger charge is -2.34. The van der Waals surface area contributed by atoms with E-state index in [0.717, 1.165) is 47.4 Å². The first kappa shape index (κ1) is 15.2. The van der Waals surface area contributed by atoms with E-state index in [2.05, 4.69) is 0 Å². The zero-order chi connectivity index (χ0) is 16.7. The van der Waals surface area contributed by atoms with Gasteiger partial charge in [-0.2, -0.15) is 0 Å². The van der Waals surface area contributed by atoms with Crippen molar-refractivity contribution in [3.8, 4) is 0 Å². The fourth-order valence-electron chi connectivity index (χ4n) is 3.77. The number of carbonyl (C=O) groups is 1. The van der Waals surface area contributed by atoms with Crippen LogP contribution in [0.3, 0.4) is 0 Å². The maximum Gasteiger partial charge on any atom is 0.289 e. The molecule has 0 unspecified atom stereocenters. The van der Waals surface area contributed by atoms with Crippen LogP contribution in [0.15, 0.2) is 46.9 Å². The van der Waals surface area contributed by atoms with Crippen molar-refractivity contribution < 1.29 is 14.3 Å². The van der Waals surface area contributed by atoms with E-state index < -0.39 is 6.10 Å². The number of likely N-dealkylation sites (N-methyl/N-ethyl adjacent to an activating group) is 1. The molecule has 1 amide bonds. The van der Waals surface area contributed by atoms with Gasteiger partial charge in [0.15, 0.2) is 5.76 Å². The molecule has 2 aromatic carbocycles. The standard InChI is InChI=1S/C20H21NO3/c1-21(16-8-4-5-9-17(16)22)20(23)19-12-15-14-7-3-2-6-13(14)10-11-18(15)24-19/h2-3,6-7,10-12,16-17,22H,4-5,8-9H2,1H3/t16-,17-/m0/s1. The van der Waals surface area contributed by atoms with E-state index >= 15 is 0 Å². The molecule has 0 aliphatic heterocycles. The van der Waals surface area contributed by atoms with Crippen LogP contribution in [0.25, 0.3) is 21.7 Å². The molecule has 24 heavy (non-hydrogen) atoms. The molecule has 0 radical (unpaired) electrons. The van der Waals surface area contributed by atoms with Crippen LogP contribution in [-0.4, -0.2) is 35.1 Å². The van der Waals surface area contributed by atoms with Gasteiger partial charge in [-0.05, 0) is 35.7 Å². The van der Waals surface area contributed by atoms with E-state index in [1.54, 1.807) is 11.9 Å². The van der Waals surface area contributed by atoms with Gasteiger partial charge in [0.2, 0.25) is 0 Å². The maximum absolute atomic E-state index is 12.8. The number of nitrogens with zero attached hydrogens (tertiary/aromatic N) is 1. The van der Waals surface area contributed by atoms with Crippen LogP contribution in [0.1, 0.15) is 36.2 Å². The van der Waals surface area contributed by atoms with E-state index in [1.165, 1.54) is 0 Å². The van der Waals surface area contributed by atoms with Gasteiger partial charge in [-0.3, -0.25) is 4.79 Å². The second-order valence-corrected chi connectivity index (χ2v) is 6.64. The Balaban J connectivity index is 1.70. The summed E-state index contributed by atoms with van der Waals surface area (Å²) in [4.78, 5) is 14.5. The number of amides is 1. The Morgan fingerprint density at radius 1 is 1.12 bits per heavy atom. The van der Waals surface area contributed by atoms with Crippen molar-refractivity contribution >= 4 is 27.6 Å². The van der Waals surface area contributed by atoms with Crippen LogP contribution in [0.5, 0.6) is 0 Å². The number of fused-ring (bicyclic) bond motifs is 3. The fraction of sp³-hybridized carbons (Fsp3) is 0.350. The third-order valence-corrected chi connectivity index (χ3v) is 5.15. The minimum absolute atomic E-state index is 0.129. The number of hydrogen-bond donors (Lipinski definition) is 1. The van der Waals surface area contributed by atoms with E-state index in [4.69, 9.17) is 4.42 Å². The topological polar surface area (TPSA) is 53.7 Å². The molecule has 1 aliphatic rings. The van der Waals surface area contributed by atoms with Crippen molar-refractivity contribution in [3.63, 3.8) is 0 Å². The number of hydrogen-bond acceptors (Lipinski definition) is 3. The molecule has 2 atom stereocenters. The average Bonchev–Trinajstić information content (AvgIpc) is 3.05. The lowest BCUT2D eigenvalue weighted by molar-refractivity contribution is 0.0251. The Morgan fingerprint density at radius 3 is 2.75 bits per heavy atom. The molecule has 1 aromatic heterocycles. The van der Waals surface area contributed by atoms with Crippen LogP contribution in [0, 0.1) is 0 Å². The van der Waals surface area contributed by atoms with Gasteiger partial charge in [-0.25, -0.2) is 0 Å². The first-order valence-electron chi connectivity index (χ1n) is 8.51. The normalized spacial score (nSPS) is 21.2. The summed E-state index contributed by atoms with van der Waals surface area (Å²) in [5.41, 5.74) is 0.717. The van der Waals surface area contributed by atoms with Crippen molar-refractivity contribution in [1.29, 1.82) is 0 Å². The van der Waals surface area contributed by atoms with Gasteiger partial charge >= 0.3 is 0 Å². The number of rotatable bonds is 2. The molecular formula is C20H21NO3. The van der Waals surface area contributed by atoms with Crippen molar-refractivity contribution in [2.75, 3.05) is 7.05 Å². The van der Waals surface area contributed by atoms with E-state index in [1.807, 2.05) is 42.5 Å². The SMILES string of the molecule is CN(C(=O)c1cc2c(ccc3ccccc32)o1)[C@H]1CCCC[C@@H]1O. The molecule has 0 bridgehead atoms. The molecule has 4 nitrogen and oxygen atoms in total. The summed E-state index contributed by atoms with van der Waals surface area (Å²) in [6.07, 6.45) is 3.22. The minimum Gasteiger partial charge on any atom is -0.451 e. The fourth-order valence-corrected chi connectivity index (χ4v) is 3.77. The van der Waals surface area contributed by atoms with Crippen LogP contribution in [0.4, 0.5) is 0 Å². The maximum atomic E-state index is 12.8. The molecule has 1 saturated carbocycles. The van der Waals surface area contributed by atoms with Gasteiger partial charge in [0, 0.05) is 12.4 Å². The lowest BCUT2D eigenvalue weighted by Crippen LogP contribution is -2.46. The number of carbonyl (C=O) groups excluding carboxylic acids is 1. The van der Waals surface area contributed by atoms with Gasteiger partial charge in [0.25, 0.3) is 5.91 Å². The van der Waals surface area contributed by atoms with E-state index in [9.17, 15) is 9.90 Å². The Bertz CT molecular complexity index is 898. The molecule has 1 aliphatic carbocycles. The highest BCUT2D eigenvalue weighted by molar-refractivity contribution is 6.08. The van der Waals surface area contributed by atoms with Crippen molar-refractivity contribution in [3.05, 3.63) is 48.2 Å². The Labute approximate surface area is 140 Å². The van der Waals surface area contributed by atoms with Crippen LogP contribution < -0.4 is 0 Å². The van der Waals surface area contributed by atoms with Gasteiger partial charge < -0.3 is 14.4 Å². The van der Waals surface area contributed by atoms with Crippen molar-refractivity contribution in [2.24, 2.45) is 0 Å². The molecule has 1 heterocycles. The molecule has 4 heteroatoms. The van der Waals surface area contributed by atoms with Gasteiger partial charge in [0.1, 0.15) is 5.58 Å². The molecule has 0 saturated heterocycles. The highest BCUT2D eigenvalue weighted by Crippen LogP contribution is 2.30. The Morgan fingerprint density at radius 2 is 1.92 bits per heavy atom. The average molecular weight is 323 g/mol. The van der Waals surface area contributed by atoms with Crippen molar-refractivity contribution in [2.45, 2.75) is 37.8 Å². The monoisotopic (exact) mass is 323 g/mol. The summed E-state index contributed by atoms with van der Waals surface area (Å²) in [6, 6.07) is 13.7. The summed E-state index contributed by atoms with van der Waals surface area (Å²) in [7, 11) is 1.76. The second kappa shape index (κ2) is 5.95. The third kappa shape index (κ3) is 2.47. The zero-order valence-corrected chi connectivity index (χ0v) is 13.7. The highest BCUT2D eigenvalue weighted by Gasteiger charge is 2.31. The van der Waals surface area contributed by atoms with Gasteiger partial charge in [0.05, 0.1) is 12.1 Å². The minimum atomic E-state index is -0.446. The number of furan rings is 1. The van der Waals surface area contributed by atoms with Crippen LogP contribution in [-0.2, 0) is 0 Å². The first-order chi connectivity index (χ1) is 11.6. The smallest absolute Gasteiger partial charge is 0.289 e. The summed E-state index contributed by atoms with van der Waals surface area (Å²) < 4.78 is 5.81. The largest absolute Gasteiger partial charge is 0.451 e. The molecule has 0 spiro atoms. The predicted molar refractivity (Wildman–Crippen MR) is 94.1 cm³/mol. The second-order valence-electron chi connectivity index (χ2n) is 6.64. The number of aliphatic hydroxyl groups excluding tert-OH is 1. The first-order valence-corrected chi connectivity index (χ1v) is 8.51. The third-order valence-electron chi connectivity index (χ3n) is 5.15. The Hall–Kier alpha value is -2.33. The molecule has 124 valence electrons.